The van der Waals surface area contributed by atoms with Crippen LogP contribution in [0.1, 0.15) is 47.8 Å². The Bertz CT molecular complexity index is 1220. The minimum atomic E-state index is -1.02. The van der Waals surface area contributed by atoms with Crippen LogP contribution in [0.4, 0.5) is 10.6 Å². The first-order valence-electron chi connectivity index (χ1n) is 10.8. The van der Waals surface area contributed by atoms with Gasteiger partial charge in [0.25, 0.3) is 5.91 Å². The second kappa shape index (κ2) is 9.01. The van der Waals surface area contributed by atoms with Crippen LogP contribution in [-0.2, 0) is 16.6 Å². The van der Waals surface area contributed by atoms with Crippen LogP contribution in [0, 0.1) is 0 Å². The highest BCUT2D eigenvalue weighted by Crippen LogP contribution is 2.44. The first kappa shape index (κ1) is 23.0. The summed E-state index contributed by atoms with van der Waals surface area (Å²) >= 11 is 0. The fourth-order valence-corrected chi connectivity index (χ4v) is 4.27. The number of aliphatic carboxylic acids is 1. The van der Waals surface area contributed by atoms with E-state index in [-0.39, 0.29) is 30.5 Å². The normalized spacial score (nSPS) is 12.6. The average molecular weight is 463 g/mol. The number of carboxylic acid groups (broad SMARTS) is 1. The predicted octanol–water partition coefficient (Wildman–Crippen LogP) is 3.76. The number of aromatic nitrogens is 2. The van der Waals surface area contributed by atoms with Gasteiger partial charge in [-0.15, -0.1) is 0 Å². The molecule has 2 aromatic carbocycles. The fraction of sp³-hybridized carbons (Fsp3) is 0.280. The molecule has 0 saturated heterocycles. The lowest BCUT2D eigenvalue weighted by Gasteiger charge is -2.24. The monoisotopic (exact) mass is 462 g/mol. The van der Waals surface area contributed by atoms with Gasteiger partial charge in [-0.3, -0.25) is 19.6 Å². The maximum absolute atomic E-state index is 12.6. The Morgan fingerprint density at radius 2 is 1.65 bits per heavy atom. The molecule has 0 unspecified atom stereocenters. The van der Waals surface area contributed by atoms with Crippen LogP contribution in [-0.4, -0.2) is 45.0 Å². The van der Waals surface area contributed by atoms with Gasteiger partial charge in [-0.2, -0.15) is 5.10 Å². The third kappa shape index (κ3) is 4.78. The smallest absolute Gasteiger partial charge is 0.412 e. The molecule has 9 nitrogen and oxygen atoms in total. The number of nitrogens with one attached hydrogen (secondary N) is 2. The molecular formula is C25H26N4O5. The van der Waals surface area contributed by atoms with Crippen molar-refractivity contribution in [2.24, 2.45) is 7.05 Å². The second-order valence-electron chi connectivity index (χ2n) is 8.90. The zero-order valence-electron chi connectivity index (χ0n) is 19.2. The molecule has 9 heteroatoms. The minimum absolute atomic E-state index is 0.0697. The van der Waals surface area contributed by atoms with Crippen molar-refractivity contribution in [3.8, 4) is 11.1 Å². The highest BCUT2D eigenvalue weighted by Gasteiger charge is 2.29. The number of amides is 2. The van der Waals surface area contributed by atoms with Crippen molar-refractivity contribution < 1.29 is 24.2 Å². The summed E-state index contributed by atoms with van der Waals surface area (Å²) in [5.41, 5.74) is 3.71. The number of hydrogen-bond acceptors (Lipinski definition) is 5. The van der Waals surface area contributed by atoms with Crippen LogP contribution in [0.15, 0.2) is 54.6 Å². The van der Waals surface area contributed by atoms with Gasteiger partial charge in [0.05, 0.1) is 6.42 Å². The van der Waals surface area contributed by atoms with E-state index in [2.05, 4.69) is 27.9 Å². The Kier molecular flexibility index (Phi) is 6.10. The summed E-state index contributed by atoms with van der Waals surface area (Å²) in [6, 6.07) is 17.5. The Morgan fingerprint density at radius 3 is 2.24 bits per heavy atom. The van der Waals surface area contributed by atoms with Crippen molar-refractivity contribution in [1.82, 2.24) is 15.1 Å². The van der Waals surface area contributed by atoms with Crippen molar-refractivity contribution in [1.29, 1.82) is 0 Å². The van der Waals surface area contributed by atoms with Crippen LogP contribution >= 0.6 is 0 Å². The van der Waals surface area contributed by atoms with E-state index in [1.807, 2.05) is 36.4 Å². The molecule has 34 heavy (non-hydrogen) atoms. The zero-order chi connectivity index (χ0) is 24.5. The first-order chi connectivity index (χ1) is 16.1. The van der Waals surface area contributed by atoms with Crippen LogP contribution in [0.3, 0.4) is 0 Å². The van der Waals surface area contributed by atoms with E-state index in [1.54, 1.807) is 20.9 Å². The van der Waals surface area contributed by atoms with Crippen LogP contribution < -0.4 is 10.6 Å². The molecule has 4 rings (SSSR count). The van der Waals surface area contributed by atoms with Crippen LogP contribution in [0.25, 0.3) is 11.1 Å². The van der Waals surface area contributed by atoms with Gasteiger partial charge in [0.15, 0.2) is 5.82 Å². The largest absolute Gasteiger partial charge is 0.481 e. The number of rotatable bonds is 7. The van der Waals surface area contributed by atoms with E-state index < -0.39 is 23.5 Å². The lowest BCUT2D eigenvalue weighted by Crippen LogP contribution is -2.45. The summed E-state index contributed by atoms with van der Waals surface area (Å²) in [4.78, 5) is 36.1. The molecule has 1 aliphatic rings. The van der Waals surface area contributed by atoms with Gasteiger partial charge >= 0.3 is 12.1 Å². The Hall–Kier alpha value is -4.14. The number of anilines is 1. The second-order valence-corrected chi connectivity index (χ2v) is 8.90. The SMILES string of the molecule is Cn1nc(NC(=O)OCC2c3ccccc3-c3ccccc32)cc1C(=O)NC(C)(C)CC(=O)O. The Labute approximate surface area is 196 Å². The summed E-state index contributed by atoms with van der Waals surface area (Å²) in [5, 5.41) is 18.4. The molecule has 0 radical (unpaired) electrons. The van der Waals surface area contributed by atoms with Gasteiger partial charge in [0, 0.05) is 24.6 Å². The third-order valence-electron chi connectivity index (χ3n) is 5.73. The van der Waals surface area contributed by atoms with E-state index in [0.717, 1.165) is 22.3 Å². The summed E-state index contributed by atoms with van der Waals surface area (Å²) in [7, 11) is 1.56. The number of ether oxygens (including phenoxy) is 1. The number of carbonyl (C=O) groups excluding carboxylic acids is 2. The Balaban J connectivity index is 1.40. The molecule has 1 heterocycles. The van der Waals surface area contributed by atoms with Gasteiger partial charge in [0.2, 0.25) is 0 Å². The molecule has 0 fully saturated rings. The highest BCUT2D eigenvalue weighted by molar-refractivity contribution is 5.95. The van der Waals surface area contributed by atoms with Crippen LogP contribution in [0.5, 0.6) is 0 Å². The Morgan fingerprint density at radius 1 is 1.06 bits per heavy atom. The predicted molar refractivity (Wildman–Crippen MR) is 126 cm³/mol. The van der Waals surface area contributed by atoms with Crippen molar-refractivity contribution in [3.63, 3.8) is 0 Å². The van der Waals surface area contributed by atoms with E-state index in [1.165, 1.54) is 10.7 Å². The summed E-state index contributed by atoms with van der Waals surface area (Å²) in [6.45, 7) is 3.39. The number of carbonyl (C=O) groups is 3. The van der Waals surface area contributed by atoms with Crippen molar-refractivity contribution in [2.75, 3.05) is 11.9 Å². The molecule has 1 aliphatic carbocycles. The van der Waals surface area contributed by atoms with Gasteiger partial charge in [-0.05, 0) is 36.1 Å². The molecule has 3 aromatic rings. The van der Waals surface area contributed by atoms with Crippen molar-refractivity contribution >= 4 is 23.8 Å². The molecule has 3 N–H and O–H groups in total. The summed E-state index contributed by atoms with van der Waals surface area (Å²) in [5.74, 6) is -1.43. The number of benzene rings is 2. The molecule has 0 spiro atoms. The zero-order valence-corrected chi connectivity index (χ0v) is 19.2. The van der Waals surface area contributed by atoms with E-state index in [4.69, 9.17) is 9.84 Å². The van der Waals surface area contributed by atoms with E-state index >= 15 is 0 Å². The lowest BCUT2D eigenvalue weighted by atomic mass is 9.98. The topological polar surface area (TPSA) is 123 Å². The van der Waals surface area contributed by atoms with E-state index in [9.17, 15) is 14.4 Å². The molecular weight excluding hydrogens is 436 g/mol. The van der Waals surface area contributed by atoms with Crippen molar-refractivity contribution in [3.05, 3.63) is 71.4 Å². The minimum Gasteiger partial charge on any atom is -0.481 e. The number of aryl methyl sites for hydroxylation is 1. The molecule has 176 valence electrons. The lowest BCUT2D eigenvalue weighted by molar-refractivity contribution is -0.138. The fourth-order valence-electron chi connectivity index (χ4n) is 4.27. The maximum atomic E-state index is 12.6. The van der Waals surface area contributed by atoms with Gasteiger partial charge in [0.1, 0.15) is 12.3 Å². The van der Waals surface area contributed by atoms with Gasteiger partial charge in [-0.1, -0.05) is 48.5 Å². The average Bonchev–Trinajstić information content (AvgIpc) is 3.28. The van der Waals surface area contributed by atoms with Gasteiger partial charge < -0.3 is 15.2 Å². The molecule has 1 aromatic heterocycles. The van der Waals surface area contributed by atoms with Crippen LogP contribution in [0.2, 0.25) is 0 Å². The van der Waals surface area contributed by atoms with E-state index in [0.29, 0.717) is 0 Å². The summed E-state index contributed by atoms with van der Waals surface area (Å²) < 4.78 is 6.82. The molecule has 2 amide bonds. The summed E-state index contributed by atoms with van der Waals surface area (Å²) in [6.07, 6.45) is -0.917. The third-order valence-corrected chi connectivity index (χ3v) is 5.73. The number of hydrogen-bond donors (Lipinski definition) is 3. The van der Waals surface area contributed by atoms with Crippen molar-refractivity contribution in [2.45, 2.75) is 31.7 Å². The number of carboxylic acids is 1. The molecule has 0 aliphatic heterocycles. The van der Waals surface area contributed by atoms with Gasteiger partial charge in [-0.25, -0.2) is 4.79 Å². The number of nitrogens with zero attached hydrogens (tertiary/aromatic N) is 2. The first-order valence-corrected chi connectivity index (χ1v) is 10.8. The quantitative estimate of drug-likeness (QED) is 0.491. The highest BCUT2D eigenvalue weighted by atomic mass is 16.5. The standard InChI is InChI=1S/C25H26N4O5/c1-25(2,13-22(30)31)27-23(32)20-12-21(28-29(20)3)26-24(33)34-14-19-17-10-6-4-8-15(17)16-9-5-7-11-18(16)19/h4-12,19H,13-14H2,1-3H3,(H,27,32)(H,30,31)(H,26,28,33). The molecule has 0 bridgehead atoms. The number of fused-ring (bicyclic) bond motifs is 3. The molecule has 0 atom stereocenters. The maximum Gasteiger partial charge on any atom is 0.412 e. The molecule has 0 saturated carbocycles.